The summed E-state index contributed by atoms with van der Waals surface area (Å²) < 4.78 is 31.3. The summed E-state index contributed by atoms with van der Waals surface area (Å²) in [5.74, 6) is -1.93. The molecule has 0 bridgehead atoms. The van der Waals surface area contributed by atoms with Crippen LogP contribution in [-0.4, -0.2) is 38.7 Å². The number of hydrogen-bond donors (Lipinski definition) is 1. The lowest BCUT2D eigenvalue weighted by atomic mass is 10.2. The molecule has 0 radical (unpaired) electrons. The van der Waals surface area contributed by atoms with Gasteiger partial charge in [0.15, 0.2) is 11.6 Å². The van der Waals surface area contributed by atoms with Crippen molar-refractivity contribution < 1.29 is 23.2 Å². The Balaban J connectivity index is 1.90. The Morgan fingerprint density at radius 3 is 2.86 bits per heavy atom. The summed E-state index contributed by atoms with van der Waals surface area (Å²) in [6, 6.07) is 2.76. The molecular formula is C14H13F2N3O3. The van der Waals surface area contributed by atoms with Crippen LogP contribution in [0.5, 0.6) is 0 Å². The predicted octanol–water partition coefficient (Wildman–Crippen LogP) is 1.67. The average Bonchev–Trinajstić information content (AvgIpc) is 3.08. The molecule has 1 N–H and O–H groups in total. The molecular weight excluding hydrogens is 296 g/mol. The van der Waals surface area contributed by atoms with E-state index in [1.165, 1.54) is 17.9 Å². The minimum atomic E-state index is -1.01. The Morgan fingerprint density at radius 1 is 1.41 bits per heavy atom. The fourth-order valence-electron chi connectivity index (χ4n) is 2.52. The van der Waals surface area contributed by atoms with E-state index < -0.39 is 23.8 Å². The number of β-amino-alcohol motifs (C(OH)–C–C–N with tert-alkyl or cyclic N) is 1. The zero-order chi connectivity index (χ0) is 15.9. The number of benzene rings is 1. The molecule has 1 aromatic carbocycles. The highest BCUT2D eigenvalue weighted by Gasteiger charge is 2.37. The lowest BCUT2D eigenvalue weighted by Crippen LogP contribution is -2.29. The van der Waals surface area contributed by atoms with Crippen LogP contribution < -0.4 is 0 Å². The van der Waals surface area contributed by atoms with Gasteiger partial charge in [0.25, 0.3) is 0 Å². The molecule has 2 aromatic rings. The monoisotopic (exact) mass is 309 g/mol. The first-order valence-corrected chi connectivity index (χ1v) is 6.70. The maximum absolute atomic E-state index is 13.2. The number of likely N-dealkylation sites (tertiary alicyclic amines) is 1. The maximum Gasteiger partial charge on any atom is 0.249 e. The van der Waals surface area contributed by atoms with Crippen molar-refractivity contribution in [3.8, 4) is 11.4 Å². The van der Waals surface area contributed by atoms with Gasteiger partial charge < -0.3 is 14.5 Å². The minimum Gasteiger partial charge on any atom is -0.391 e. The molecule has 0 unspecified atom stereocenters. The third kappa shape index (κ3) is 2.57. The molecule has 22 heavy (non-hydrogen) atoms. The average molecular weight is 309 g/mol. The molecule has 6 nitrogen and oxygen atoms in total. The second-order valence-electron chi connectivity index (χ2n) is 5.16. The lowest BCUT2D eigenvalue weighted by Gasteiger charge is -2.19. The van der Waals surface area contributed by atoms with Gasteiger partial charge in [-0.25, -0.2) is 8.78 Å². The molecule has 116 valence electrons. The van der Waals surface area contributed by atoms with E-state index in [1.807, 2.05) is 0 Å². The molecule has 1 aromatic heterocycles. The van der Waals surface area contributed by atoms with E-state index in [-0.39, 0.29) is 29.7 Å². The Labute approximate surface area is 124 Å². The number of aliphatic hydroxyl groups is 1. The predicted molar refractivity (Wildman–Crippen MR) is 70.4 cm³/mol. The molecule has 2 heterocycles. The van der Waals surface area contributed by atoms with Gasteiger partial charge >= 0.3 is 0 Å². The zero-order valence-corrected chi connectivity index (χ0v) is 11.7. The zero-order valence-electron chi connectivity index (χ0n) is 11.7. The van der Waals surface area contributed by atoms with Crippen LogP contribution in [-0.2, 0) is 4.79 Å². The molecule has 1 saturated heterocycles. The van der Waals surface area contributed by atoms with Crippen LogP contribution in [0.3, 0.4) is 0 Å². The smallest absolute Gasteiger partial charge is 0.249 e. The highest BCUT2D eigenvalue weighted by Crippen LogP contribution is 2.32. The second kappa shape index (κ2) is 5.45. The molecule has 1 amide bonds. The molecule has 0 aliphatic carbocycles. The normalized spacial score (nSPS) is 21.4. The second-order valence-corrected chi connectivity index (χ2v) is 5.16. The summed E-state index contributed by atoms with van der Waals surface area (Å²) in [7, 11) is 0. The van der Waals surface area contributed by atoms with E-state index in [0.717, 1.165) is 12.1 Å². The first-order chi connectivity index (χ1) is 10.5. The number of carbonyl (C=O) groups excluding carboxylic acids is 1. The van der Waals surface area contributed by atoms with Crippen molar-refractivity contribution >= 4 is 5.91 Å². The topological polar surface area (TPSA) is 79.5 Å². The van der Waals surface area contributed by atoms with Crippen molar-refractivity contribution in [1.29, 1.82) is 0 Å². The summed E-state index contributed by atoms with van der Waals surface area (Å²) in [6.07, 6.45) is -0.369. The molecule has 2 atom stereocenters. The van der Waals surface area contributed by atoms with Gasteiger partial charge in [-0.05, 0) is 18.2 Å². The largest absolute Gasteiger partial charge is 0.391 e. The van der Waals surface area contributed by atoms with E-state index >= 15 is 0 Å². The van der Waals surface area contributed by atoms with Gasteiger partial charge in [-0.15, -0.1) is 0 Å². The van der Waals surface area contributed by atoms with E-state index in [4.69, 9.17) is 4.52 Å². The summed E-state index contributed by atoms with van der Waals surface area (Å²) in [4.78, 5) is 17.1. The summed E-state index contributed by atoms with van der Waals surface area (Å²) in [5.41, 5.74) is 0.266. The number of amides is 1. The van der Waals surface area contributed by atoms with Crippen molar-refractivity contribution in [2.75, 3.05) is 6.54 Å². The van der Waals surface area contributed by atoms with Crippen molar-refractivity contribution in [2.45, 2.75) is 25.5 Å². The minimum absolute atomic E-state index is 0.0961. The van der Waals surface area contributed by atoms with Gasteiger partial charge in [0.1, 0.15) is 6.04 Å². The Morgan fingerprint density at radius 2 is 2.18 bits per heavy atom. The van der Waals surface area contributed by atoms with Crippen molar-refractivity contribution in [2.24, 2.45) is 0 Å². The SMILES string of the molecule is CC(=O)N1C[C@H](O)C[C@@H]1c1nc(-c2ccc(F)c(F)c2)no1. The molecule has 0 spiro atoms. The number of hydrogen-bond acceptors (Lipinski definition) is 5. The van der Waals surface area contributed by atoms with Crippen LogP contribution in [0, 0.1) is 11.6 Å². The number of aliphatic hydroxyl groups excluding tert-OH is 1. The Kier molecular flexibility index (Phi) is 3.61. The van der Waals surface area contributed by atoms with Crippen LogP contribution in [0.15, 0.2) is 22.7 Å². The highest BCUT2D eigenvalue weighted by atomic mass is 19.2. The number of carbonyl (C=O) groups is 1. The lowest BCUT2D eigenvalue weighted by molar-refractivity contribution is -0.130. The third-order valence-electron chi connectivity index (χ3n) is 3.59. The third-order valence-corrected chi connectivity index (χ3v) is 3.59. The van der Waals surface area contributed by atoms with Crippen molar-refractivity contribution in [3.05, 3.63) is 35.7 Å². The molecule has 3 rings (SSSR count). The summed E-state index contributed by atoms with van der Waals surface area (Å²) >= 11 is 0. The maximum atomic E-state index is 13.2. The van der Waals surface area contributed by atoms with Gasteiger partial charge in [0.05, 0.1) is 6.10 Å². The highest BCUT2D eigenvalue weighted by molar-refractivity contribution is 5.74. The first-order valence-electron chi connectivity index (χ1n) is 6.70. The fraction of sp³-hybridized carbons (Fsp3) is 0.357. The molecule has 1 aliphatic rings. The Hall–Kier alpha value is -2.35. The quantitative estimate of drug-likeness (QED) is 0.913. The first kappa shape index (κ1) is 14.6. The molecule has 1 aliphatic heterocycles. The van der Waals surface area contributed by atoms with Crippen LogP contribution in [0.2, 0.25) is 0 Å². The number of aromatic nitrogens is 2. The molecule has 0 saturated carbocycles. The summed E-state index contributed by atoms with van der Waals surface area (Å²) in [6.45, 7) is 1.58. The number of rotatable bonds is 2. The van der Waals surface area contributed by atoms with E-state index in [1.54, 1.807) is 0 Å². The van der Waals surface area contributed by atoms with E-state index in [9.17, 15) is 18.7 Å². The van der Waals surface area contributed by atoms with Crippen molar-refractivity contribution in [1.82, 2.24) is 15.0 Å². The van der Waals surface area contributed by atoms with Gasteiger partial charge in [-0.3, -0.25) is 4.79 Å². The van der Waals surface area contributed by atoms with Gasteiger partial charge in [-0.2, -0.15) is 4.98 Å². The van der Waals surface area contributed by atoms with E-state index in [2.05, 4.69) is 10.1 Å². The van der Waals surface area contributed by atoms with Crippen LogP contribution >= 0.6 is 0 Å². The van der Waals surface area contributed by atoms with Crippen LogP contribution in [0.1, 0.15) is 25.3 Å². The molecule has 1 fully saturated rings. The van der Waals surface area contributed by atoms with Crippen LogP contribution in [0.25, 0.3) is 11.4 Å². The molecule has 8 heteroatoms. The Bertz CT molecular complexity index is 719. The van der Waals surface area contributed by atoms with E-state index in [0.29, 0.717) is 6.42 Å². The van der Waals surface area contributed by atoms with Gasteiger partial charge in [-0.1, -0.05) is 5.16 Å². The standard InChI is InChI=1S/C14H13F2N3O3/c1-7(20)19-6-9(21)5-12(19)14-17-13(18-22-14)8-2-3-10(15)11(16)4-8/h2-4,9,12,21H,5-6H2,1H3/t9-,12-/m1/s1. The summed E-state index contributed by atoms with van der Waals surface area (Å²) in [5, 5.41) is 13.4. The number of nitrogens with zero attached hydrogens (tertiary/aromatic N) is 3. The van der Waals surface area contributed by atoms with Gasteiger partial charge in [0, 0.05) is 25.5 Å². The van der Waals surface area contributed by atoms with Crippen LogP contribution in [0.4, 0.5) is 8.78 Å². The fourth-order valence-corrected chi connectivity index (χ4v) is 2.52. The van der Waals surface area contributed by atoms with Gasteiger partial charge in [0.2, 0.25) is 17.6 Å². The number of halogens is 2. The van der Waals surface area contributed by atoms with Crippen molar-refractivity contribution in [3.63, 3.8) is 0 Å².